The number of nitrogens with zero attached hydrogens (tertiary/aromatic N) is 3. The first-order valence-corrected chi connectivity index (χ1v) is 6.12. The molecule has 2 aromatic heterocycles. The highest BCUT2D eigenvalue weighted by Gasteiger charge is 2.01. The normalized spacial score (nSPS) is 9.78. The minimum Gasteiger partial charge on any atom is -0.399 e. The minimum absolute atomic E-state index is 0.650. The van der Waals surface area contributed by atoms with Crippen molar-refractivity contribution in [2.75, 3.05) is 11.5 Å². The number of nitrogen functional groups attached to an aromatic ring is 2. The van der Waals surface area contributed by atoms with E-state index in [0.717, 1.165) is 14.2 Å². The number of aromatic amines is 1. The first-order chi connectivity index (χ1) is 8.66. The Morgan fingerprint density at radius 1 is 1.06 bits per heavy atom. The number of hydrogen-bond acceptors (Lipinski definition) is 7. The van der Waals surface area contributed by atoms with Crippen molar-refractivity contribution in [3.05, 3.63) is 35.1 Å². The topological polar surface area (TPSA) is 106 Å². The second-order valence-electron chi connectivity index (χ2n) is 3.29. The van der Waals surface area contributed by atoms with Gasteiger partial charge in [-0.05, 0) is 24.4 Å². The lowest BCUT2D eigenvalue weighted by Crippen LogP contribution is -1.90. The zero-order chi connectivity index (χ0) is 13.0. The van der Waals surface area contributed by atoms with Gasteiger partial charge in [-0.15, -0.1) is 11.3 Å². The number of anilines is 2. The molecule has 6 nitrogen and oxygen atoms in total. The van der Waals surface area contributed by atoms with Gasteiger partial charge >= 0.3 is 0 Å². The summed E-state index contributed by atoms with van der Waals surface area (Å²) in [6.45, 7) is 0. The highest BCUT2D eigenvalue weighted by molar-refractivity contribution is 7.73. The molecule has 2 heterocycles. The fourth-order valence-corrected chi connectivity index (χ4v) is 2.50. The third kappa shape index (κ3) is 2.99. The number of fused-ring (bicyclic) bond motifs is 1. The van der Waals surface area contributed by atoms with E-state index in [-0.39, 0.29) is 0 Å². The van der Waals surface area contributed by atoms with E-state index in [9.17, 15) is 0 Å². The SMILES string of the molecule is Nc1cc(N)c2[nH]c(=S)sc2c1.c1ncncn1. The molecule has 0 fully saturated rings. The van der Waals surface area contributed by atoms with Crippen molar-refractivity contribution < 1.29 is 0 Å². The summed E-state index contributed by atoms with van der Waals surface area (Å²) in [4.78, 5) is 13.7. The van der Waals surface area contributed by atoms with Crippen molar-refractivity contribution in [3.8, 4) is 0 Å². The Kier molecular flexibility index (Phi) is 3.80. The molecule has 0 aliphatic rings. The summed E-state index contributed by atoms with van der Waals surface area (Å²) >= 11 is 6.46. The first kappa shape index (κ1) is 12.4. The molecule has 3 rings (SSSR count). The van der Waals surface area contributed by atoms with Crippen molar-refractivity contribution in [2.24, 2.45) is 0 Å². The van der Waals surface area contributed by atoms with Crippen molar-refractivity contribution in [3.63, 3.8) is 0 Å². The summed E-state index contributed by atoms with van der Waals surface area (Å²) in [5, 5.41) is 0. The molecule has 0 bridgehead atoms. The van der Waals surface area contributed by atoms with Gasteiger partial charge in [-0.3, -0.25) is 0 Å². The average Bonchev–Trinajstić information content (AvgIpc) is 2.73. The van der Waals surface area contributed by atoms with Gasteiger partial charge in [0.25, 0.3) is 0 Å². The van der Waals surface area contributed by atoms with Crippen molar-refractivity contribution in [1.29, 1.82) is 0 Å². The van der Waals surface area contributed by atoms with Gasteiger partial charge in [0.15, 0.2) is 3.95 Å². The van der Waals surface area contributed by atoms with Crippen LogP contribution in [0, 0.1) is 3.95 Å². The summed E-state index contributed by atoms with van der Waals surface area (Å²) in [5.74, 6) is 0. The molecule has 92 valence electrons. The third-order valence-electron chi connectivity index (χ3n) is 1.98. The van der Waals surface area contributed by atoms with Crippen LogP contribution >= 0.6 is 23.6 Å². The summed E-state index contributed by atoms with van der Waals surface area (Å²) < 4.78 is 1.74. The van der Waals surface area contributed by atoms with Gasteiger partial charge in [0.1, 0.15) is 19.0 Å². The number of nitrogens with two attached hydrogens (primary N) is 2. The van der Waals surface area contributed by atoms with Gasteiger partial charge in [-0.2, -0.15) is 0 Å². The lowest BCUT2D eigenvalue weighted by molar-refractivity contribution is 1.05. The van der Waals surface area contributed by atoms with Crippen LogP contribution in [0.3, 0.4) is 0 Å². The first-order valence-electron chi connectivity index (χ1n) is 4.89. The van der Waals surface area contributed by atoms with E-state index in [1.54, 1.807) is 6.07 Å². The van der Waals surface area contributed by atoms with Crippen molar-refractivity contribution >= 4 is 45.1 Å². The Bertz CT molecular complexity index is 664. The van der Waals surface area contributed by atoms with Crippen LogP contribution < -0.4 is 11.5 Å². The van der Waals surface area contributed by atoms with Crippen molar-refractivity contribution in [1.82, 2.24) is 19.9 Å². The molecule has 3 aromatic rings. The predicted octanol–water partition coefficient (Wildman–Crippen LogP) is 1.99. The van der Waals surface area contributed by atoms with Crippen LogP contribution in [0.2, 0.25) is 0 Å². The number of aromatic nitrogens is 4. The van der Waals surface area contributed by atoms with Crippen LogP contribution in [-0.2, 0) is 0 Å². The van der Waals surface area contributed by atoms with Crippen LogP contribution in [0.15, 0.2) is 31.1 Å². The average molecular weight is 278 g/mol. The fourth-order valence-electron chi connectivity index (χ4n) is 1.31. The number of benzene rings is 1. The lowest BCUT2D eigenvalue weighted by atomic mass is 10.2. The van der Waals surface area contributed by atoms with Crippen LogP contribution in [0.25, 0.3) is 10.2 Å². The number of rotatable bonds is 0. The molecule has 0 aliphatic carbocycles. The molecule has 0 saturated heterocycles. The number of H-pyrrole nitrogens is 1. The Morgan fingerprint density at radius 3 is 2.22 bits per heavy atom. The molecule has 0 radical (unpaired) electrons. The molecule has 5 N–H and O–H groups in total. The zero-order valence-electron chi connectivity index (χ0n) is 9.20. The number of thiazole rings is 1. The molecule has 18 heavy (non-hydrogen) atoms. The molecule has 8 heteroatoms. The second kappa shape index (κ2) is 5.52. The monoisotopic (exact) mass is 278 g/mol. The predicted molar refractivity (Wildman–Crippen MR) is 75.7 cm³/mol. The van der Waals surface area contributed by atoms with Gasteiger partial charge < -0.3 is 16.5 Å². The van der Waals surface area contributed by atoms with Crippen LogP contribution in [0.4, 0.5) is 11.4 Å². The van der Waals surface area contributed by atoms with E-state index in [1.807, 2.05) is 6.07 Å². The van der Waals surface area contributed by atoms with Crippen LogP contribution in [-0.4, -0.2) is 19.9 Å². The third-order valence-corrected chi connectivity index (χ3v) is 3.17. The summed E-state index contributed by atoms with van der Waals surface area (Å²) in [7, 11) is 0. The maximum atomic E-state index is 5.72. The van der Waals surface area contributed by atoms with E-state index in [2.05, 4.69) is 19.9 Å². The Hall–Kier alpha value is -2.06. The molecule has 0 atom stereocenters. The fraction of sp³-hybridized carbons (Fsp3) is 0. The molecular formula is C10H10N6S2. The lowest BCUT2D eigenvalue weighted by Gasteiger charge is -1.96. The van der Waals surface area contributed by atoms with Gasteiger partial charge in [-0.25, -0.2) is 15.0 Å². The minimum atomic E-state index is 0.650. The number of nitrogens with one attached hydrogen (secondary N) is 1. The highest BCUT2D eigenvalue weighted by Crippen LogP contribution is 2.27. The maximum Gasteiger partial charge on any atom is 0.159 e. The van der Waals surface area contributed by atoms with E-state index in [4.69, 9.17) is 23.7 Å². The van der Waals surface area contributed by atoms with Gasteiger partial charge in [0, 0.05) is 5.69 Å². The molecule has 0 unspecified atom stereocenters. The quantitative estimate of drug-likeness (QED) is 0.429. The Labute approximate surface area is 112 Å². The Morgan fingerprint density at radius 2 is 1.67 bits per heavy atom. The standard InChI is InChI=1S/C7H7N3S2.C3H3N3/c8-3-1-4(9)6-5(2-3)12-7(11)10-6;1-4-2-6-3-5-1/h1-2H,8-9H2,(H,10,11);1-3H. The molecule has 1 aromatic carbocycles. The van der Waals surface area contributed by atoms with E-state index >= 15 is 0 Å². The van der Waals surface area contributed by atoms with Crippen LogP contribution in [0.1, 0.15) is 0 Å². The van der Waals surface area contributed by atoms with E-state index in [1.165, 1.54) is 30.3 Å². The number of hydrogen-bond donors (Lipinski definition) is 3. The molecule has 0 amide bonds. The smallest absolute Gasteiger partial charge is 0.159 e. The second-order valence-corrected chi connectivity index (χ2v) is 5.01. The summed E-state index contributed by atoms with van der Waals surface area (Å²) in [6.07, 6.45) is 4.31. The molecule has 0 spiro atoms. The summed E-state index contributed by atoms with van der Waals surface area (Å²) in [6, 6.07) is 3.59. The van der Waals surface area contributed by atoms with Gasteiger partial charge in [-0.1, -0.05) is 0 Å². The maximum absolute atomic E-state index is 5.72. The van der Waals surface area contributed by atoms with Gasteiger partial charge in [0.2, 0.25) is 0 Å². The van der Waals surface area contributed by atoms with E-state index < -0.39 is 0 Å². The largest absolute Gasteiger partial charge is 0.399 e. The van der Waals surface area contributed by atoms with Crippen molar-refractivity contribution in [2.45, 2.75) is 0 Å². The van der Waals surface area contributed by atoms with Gasteiger partial charge in [0.05, 0.1) is 15.9 Å². The molecule has 0 saturated carbocycles. The van der Waals surface area contributed by atoms with Crippen LogP contribution in [0.5, 0.6) is 0 Å². The van der Waals surface area contributed by atoms with E-state index in [0.29, 0.717) is 11.4 Å². The Balaban J connectivity index is 0.000000169. The molecule has 0 aliphatic heterocycles. The molecular weight excluding hydrogens is 268 g/mol. The zero-order valence-corrected chi connectivity index (χ0v) is 10.8. The highest BCUT2D eigenvalue weighted by atomic mass is 32.1. The summed E-state index contributed by atoms with van der Waals surface area (Å²) in [5.41, 5.74) is 13.5.